The molecule has 0 bridgehead atoms. The summed E-state index contributed by atoms with van der Waals surface area (Å²) in [6.45, 7) is -0.415. The van der Waals surface area contributed by atoms with E-state index >= 15 is 0 Å². The maximum absolute atomic E-state index is 13.5. The van der Waals surface area contributed by atoms with Crippen LogP contribution >= 0.6 is 11.6 Å². The number of nitro groups is 1. The second-order valence-electron chi connectivity index (χ2n) is 4.41. The molecule has 0 radical (unpaired) electrons. The summed E-state index contributed by atoms with van der Waals surface area (Å²) in [6.07, 6.45) is -0.442. The van der Waals surface area contributed by atoms with Gasteiger partial charge in [0.1, 0.15) is 21.8 Å². The van der Waals surface area contributed by atoms with Gasteiger partial charge in [0.15, 0.2) is 0 Å². The molecule has 1 amide bonds. The minimum atomic E-state index is -4.00. The van der Waals surface area contributed by atoms with Gasteiger partial charge < -0.3 is 4.90 Å². The molecule has 0 saturated carbocycles. The van der Waals surface area contributed by atoms with Gasteiger partial charge in [0.05, 0.1) is 4.92 Å². The highest BCUT2D eigenvalue weighted by atomic mass is 35.5. The maximum Gasteiger partial charge on any atom is 0.294 e. The monoisotopic (exact) mass is 337 g/mol. The maximum atomic E-state index is 13.5. The third kappa shape index (κ3) is 2.82. The number of carbonyl (C=O) groups excluding carboxylic acids is 1. The van der Waals surface area contributed by atoms with Crippen LogP contribution in [0.1, 0.15) is 6.42 Å². The molecule has 0 aromatic heterocycles. The Morgan fingerprint density at radius 3 is 2.57 bits per heavy atom. The first kappa shape index (κ1) is 15.6. The lowest BCUT2D eigenvalue weighted by atomic mass is 10.2. The standard InChI is InChI=1S/C10H9ClFN3O5S/c11-9-6(12)1-2-7(15(17)18)10(9)14-4-5(3-8(14)16)21(13,19)20/h1-2,5H,3-4H2,(H2,13,19,20). The van der Waals surface area contributed by atoms with Gasteiger partial charge in [-0.05, 0) is 6.07 Å². The van der Waals surface area contributed by atoms with Gasteiger partial charge in [-0.2, -0.15) is 0 Å². The van der Waals surface area contributed by atoms with E-state index in [0.717, 1.165) is 17.0 Å². The van der Waals surface area contributed by atoms with Gasteiger partial charge >= 0.3 is 0 Å². The summed E-state index contributed by atoms with van der Waals surface area (Å²) in [6, 6.07) is 1.65. The SMILES string of the molecule is NS(=O)(=O)C1CC(=O)N(c2c([N+](=O)[O-])ccc(F)c2Cl)C1. The van der Waals surface area contributed by atoms with Gasteiger partial charge in [0.2, 0.25) is 15.9 Å². The van der Waals surface area contributed by atoms with Crippen LogP contribution in [0.3, 0.4) is 0 Å². The Kier molecular flexibility index (Phi) is 3.87. The molecule has 11 heteroatoms. The van der Waals surface area contributed by atoms with E-state index < -0.39 is 61.3 Å². The Morgan fingerprint density at radius 2 is 2.10 bits per heavy atom. The van der Waals surface area contributed by atoms with E-state index in [1.807, 2.05) is 0 Å². The molecule has 1 aliphatic heterocycles. The molecule has 1 saturated heterocycles. The number of primary sulfonamides is 1. The molecule has 1 atom stereocenters. The first-order valence-corrected chi connectivity index (χ1v) is 7.56. The number of hydrogen-bond donors (Lipinski definition) is 1. The van der Waals surface area contributed by atoms with Gasteiger partial charge in [0.25, 0.3) is 5.69 Å². The summed E-state index contributed by atoms with van der Waals surface area (Å²) < 4.78 is 36.1. The number of halogens is 2. The minimum absolute atomic E-state index is 0.415. The number of nitrogens with zero attached hydrogens (tertiary/aromatic N) is 2. The van der Waals surface area contributed by atoms with E-state index in [9.17, 15) is 27.7 Å². The summed E-state index contributed by atoms with van der Waals surface area (Å²) in [5.41, 5.74) is -1.05. The average molecular weight is 338 g/mol. The molecule has 8 nitrogen and oxygen atoms in total. The lowest BCUT2D eigenvalue weighted by Gasteiger charge is -2.18. The average Bonchev–Trinajstić information content (AvgIpc) is 2.74. The second kappa shape index (κ2) is 5.20. The molecule has 1 aromatic carbocycles. The van der Waals surface area contributed by atoms with Crippen molar-refractivity contribution in [3.8, 4) is 0 Å². The topological polar surface area (TPSA) is 124 Å². The van der Waals surface area contributed by atoms with Crippen molar-refractivity contribution < 1.29 is 22.5 Å². The molecule has 0 spiro atoms. The third-order valence-corrected chi connectivity index (χ3v) is 4.67. The fourth-order valence-corrected chi connectivity index (χ4v) is 3.04. The fourth-order valence-electron chi connectivity index (χ4n) is 2.04. The van der Waals surface area contributed by atoms with Crippen LogP contribution in [0.25, 0.3) is 0 Å². The number of nitrogens with two attached hydrogens (primary N) is 1. The van der Waals surface area contributed by atoms with Crippen molar-refractivity contribution in [1.82, 2.24) is 0 Å². The van der Waals surface area contributed by atoms with E-state index in [4.69, 9.17) is 16.7 Å². The molecule has 2 N–H and O–H groups in total. The zero-order chi connectivity index (χ0) is 15.9. The lowest BCUT2D eigenvalue weighted by molar-refractivity contribution is -0.384. The Morgan fingerprint density at radius 1 is 1.48 bits per heavy atom. The summed E-state index contributed by atoms with van der Waals surface area (Å²) in [7, 11) is -4.00. The molecule has 0 aliphatic carbocycles. The molecule has 2 rings (SSSR count). The van der Waals surface area contributed by atoms with E-state index in [1.54, 1.807) is 0 Å². The number of amides is 1. The van der Waals surface area contributed by atoms with Crippen LogP contribution in [0.15, 0.2) is 12.1 Å². The summed E-state index contributed by atoms with van der Waals surface area (Å²) >= 11 is 5.70. The fraction of sp³-hybridized carbons (Fsp3) is 0.300. The molecule has 114 valence electrons. The Bertz CT molecular complexity index is 738. The molecule has 1 fully saturated rings. The van der Waals surface area contributed by atoms with Crippen LogP contribution in [0.5, 0.6) is 0 Å². The van der Waals surface area contributed by atoms with Gasteiger partial charge in [-0.25, -0.2) is 17.9 Å². The van der Waals surface area contributed by atoms with Crippen LogP contribution < -0.4 is 10.0 Å². The van der Waals surface area contributed by atoms with Crippen molar-refractivity contribution in [2.45, 2.75) is 11.7 Å². The summed E-state index contributed by atoms with van der Waals surface area (Å²) in [4.78, 5) is 22.8. The minimum Gasteiger partial charge on any atom is -0.304 e. The largest absolute Gasteiger partial charge is 0.304 e. The number of nitro benzene ring substituents is 1. The molecule has 1 aromatic rings. The second-order valence-corrected chi connectivity index (χ2v) is 6.63. The lowest BCUT2D eigenvalue weighted by Crippen LogP contribution is -2.32. The van der Waals surface area contributed by atoms with Crippen LogP contribution in [-0.2, 0) is 14.8 Å². The number of hydrogen-bond acceptors (Lipinski definition) is 5. The zero-order valence-corrected chi connectivity index (χ0v) is 11.9. The van der Waals surface area contributed by atoms with E-state index in [-0.39, 0.29) is 0 Å². The number of rotatable bonds is 3. The van der Waals surface area contributed by atoms with Crippen LogP contribution in [0.2, 0.25) is 5.02 Å². The molecule has 1 heterocycles. The predicted octanol–water partition coefficient (Wildman–Crippen LogP) is 0.781. The number of benzene rings is 1. The third-order valence-electron chi connectivity index (χ3n) is 3.07. The first-order chi connectivity index (χ1) is 9.62. The normalized spacial score (nSPS) is 19.1. The van der Waals surface area contributed by atoms with Crippen molar-refractivity contribution >= 4 is 38.9 Å². The highest BCUT2D eigenvalue weighted by Gasteiger charge is 2.41. The van der Waals surface area contributed by atoms with E-state index in [2.05, 4.69) is 0 Å². The molecule has 21 heavy (non-hydrogen) atoms. The van der Waals surface area contributed by atoms with Crippen LogP contribution in [0.4, 0.5) is 15.8 Å². The molecular formula is C10H9ClFN3O5S. The van der Waals surface area contributed by atoms with Crippen molar-refractivity contribution in [1.29, 1.82) is 0 Å². The van der Waals surface area contributed by atoms with Crippen LogP contribution in [-0.4, -0.2) is 31.0 Å². The number of anilines is 1. The Balaban J connectivity index is 2.55. The summed E-state index contributed by atoms with van der Waals surface area (Å²) in [5, 5.41) is 14.1. The molecular weight excluding hydrogens is 329 g/mol. The van der Waals surface area contributed by atoms with E-state index in [1.165, 1.54) is 0 Å². The highest BCUT2D eigenvalue weighted by molar-refractivity contribution is 7.89. The zero-order valence-electron chi connectivity index (χ0n) is 10.3. The van der Waals surface area contributed by atoms with Gasteiger partial charge in [0, 0.05) is 19.0 Å². The Hall–Kier alpha value is -1.78. The molecule has 1 aliphatic rings. The number of carbonyl (C=O) groups is 1. The van der Waals surface area contributed by atoms with Crippen molar-refractivity contribution in [3.63, 3.8) is 0 Å². The quantitative estimate of drug-likeness (QED) is 0.644. The van der Waals surface area contributed by atoms with Crippen molar-refractivity contribution in [2.24, 2.45) is 5.14 Å². The highest BCUT2D eigenvalue weighted by Crippen LogP contribution is 2.39. The molecule has 1 unspecified atom stereocenters. The number of sulfonamides is 1. The van der Waals surface area contributed by atoms with Crippen LogP contribution in [0, 0.1) is 15.9 Å². The van der Waals surface area contributed by atoms with Crippen molar-refractivity contribution in [2.75, 3.05) is 11.4 Å². The smallest absolute Gasteiger partial charge is 0.294 e. The van der Waals surface area contributed by atoms with Gasteiger partial charge in [-0.1, -0.05) is 11.6 Å². The van der Waals surface area contributed by atoms with Gasteiger partial charge in [-0.3, -0.25) is 14.9 Å². The predicted molar refractivity (Wildman–Crippen MR) is 71.9 cm³/mol. The Labute approximate surface area is 123 Å². The van der Waals surface area contributed by atoms with Crippen molar-refractivity contribution in [3.05, 3.63) is 33.1 Å². The van der Waals surface area contributed by atoms with Gasteiger partial charge in [-0.15, -0.1) is 0 Å². The van der Waals surface area contributed by atoms with E-state index in [0.29, 0.717) is 0 Å². The first-order valence-electron chi connectivity index (χ1n) is 5.57. The summed E-state index contributed by atoms with van der Waals surface area (Å²) in [5.74, 6) is -1.69.